The molecule has 1 N–H and O–H groups in total. The summed E-state index contributed by atoms with van der Waals surface area (Å²) in [5, 5.41) is 12.3. The van der Waals surface area contributed by atoms with Crippen molar-refractivity contribution in [3.63, 3.8) is 0 Å². The minimum absolute atomic E-state index is 0.0780. The Hall–Kier alpha value is -2.24. The molecule has 2 aromatic rings. The van der Waals surface area contributed by atoms with Crippen molar-refractivity contribution in [3.05, 3.63) is 29.3 Å². The van der Waals surface area contributed by atoms with Crippen molar-refractivity contribution in [2.45, 2.75) is 20.3 Å². The lowest BCUT2D eigenvalue weighted by Crippen LogP contribution is -2.00. The maximum absolute atomic E-state index is 10.5. The molecule has 0 aromatic carbocycles. The molecular formula is C11H11N3O3. The van der Waals surface area contributed by atoms with Crippen LogP contribution in [0.25, 0.3) is 11.5 Å². The summed E-state index contributed by atoms with van der Waals surface area (Å²) in [6.45, 7) is 3.83. The Balaban J connectivity index is 2.33. The van der Waals surface area contributed by atoms with Crippen LogP contribution in [0.4, 0.5) is 0 Å². The van der Waals surface area contributed by atoms with Crippen LogP contribution in [0, 0.1) is 13.8 Å². The molecule has 0 unspecified atom stereocenters. The van der Waals surface area contributed by atoms with Crippen LogP contribution in [0.2, 0.25) is 0 Å². The van der Waals surface area contributed by atoms with E-state index in [1.807, 2.05) is 19.9 Å². The van der Waals surface area contributed by atoms with Crippen LogP contribution in [0.5, 0.6) is 0 Å². The van der Waals surface area contributed by atoms with Gasteiger partial charge in [-0.15, -0.1) is 0 Å². The lowest BCUT2D eigenvalue weighted by molar-refractivity contribution is -0.136. The van der Waals surface area contributed by atoms with E-state index in [2.05, 4.69) is 15.1 Å². The highest BCUT2D eigenvalue weighted by atomic mass is 16.5. The van der Waals surface area contributed by atoms with Gasteiger partial charge < -0.3 is 9.63 Å². The van der Waals surface area contributed by atoms with E-state index < -0.39 is 5.97 Å². The van der Waals surface area contributed by atoms with Crippen LogP contribution in [0.15, 0.2) is 16.8 Å². The largest absolute Gasteiger partial charge is 0.481 e. The van der Waals surface area contributed by atoms with E-state index in [9.17, 15) is 4.79 Å². The standard InChI is InChI=1S/C11H11N3O3/c1-6-3-7(2)10(12-5-6)11-13-8(17-14-11)4-9(15)16/h3,5H,4H2,1-2H3,(H,15,16). The number of aliphatic carboxylic acids is 1. The third-order valence-electron chi connectivity index (χ3n) is 2.20. The number of aryl methyl sites for hydroxylation is 2. The van der Waals surface area contributed by atoms with Gasteiger partial charge in [-0.05, 0) is 25.0 Å². The van der Waals surface area contributed by atoms with Crippen LogP contribution in [0.3, 0.4) is 0 Å². The predicted octanol–water partition coefficient (Wildman–Crippen LogP) is 1.38. The summed E-state index contributed by atoms with van der Waals surface area (Å²) in [5.74, 6) is -0.609. The van der Waals surface area contributed by atoms with Crippen molar-refractivity contribution in [2.75, 3.05) is 0 Å². The van der Waals surface area contributed by atoms with Gasteiger partial charge in [0.25, 0.3) is 0 Å². The summed E-state index contributed by atoms with van der Waals surface area (Å²) in [6.07, 6.45) is 1.42. The van der Waals surface area contributed by atoms with E-state index in [0.717, 1.165) is 11.1 Å². The zero-order valence-corrected chi connectivity index (χ0v) is 9.47. The number of hydrogen-bond donors (Lipinski definition) is 1. The van der Waals surface area contributed by atoms with Crippen LogP contribution >= 0.6 is 0 Å². The molecule has 0 amide bonds. The van der Waals surface area contributed by atoms with E-state index in [1.165, 1.54) is 0 Å². The first-order chi connectivity index (χ1) is 8.06. The van der Waals surface area contributed by atoms with Crippen LogP contribution < -0.4 is 0 Å². The van der Waals surface area contributed by atoms with Gasteiger partial charge in [0.15, 0.2) is 0 Å². The number of aromatic nitrogens is 3. The summed E-state index contributed by atoms with van der Waals surface area (Å²) in [7, 11) is 0. The Morgan fingerprint density at radius 1 is 1.47 bits per heavy atom. The zero-order chi connectivity index (χ0) is 12.4. The first kappa shape index (κ1) is 11.3. The zero-order valence-electron chi connectivity index (χ0n) is 9.47. The average molecular weight is 233 g/mol. The molecule has 0 aliphatic carbocycles. The van der Waals surface area contributed by atoms with Crippen molar-refractivity contribution < 1.29 is 14.4 Å². The van der Waals surface area contributed by atoms with Gasteiger partial charge in [0.05, 0.1) is 0 Å². The average Bonchev–Trinajstić information content (AvgIpc) is 2.65. The van der Waals surface area contributed by atoms with Gasteiger partial charge in [-0.1, -0.05) is 11.2 Å². The Kier molecular flexibility index (Phi) is 2.86. The maximum Gasteiger partial charge on any atom is 0.312 e. The molecule has 0 atom stereocenters. The fourth-order valence-corrected chi connectivity index (χ4v) is 1.50. The molecule has 0 aliphatic heterocycles. The summed E-state index contributed by atoms with van der Waals surface area (Å²) < 4.78 is 4.83. The van der Waals surface area contributed by atoms with Crippen molar-refractivity contribution >= 4 is 5.97 Å². The number of carboxylic acid groups (broad SMARTS) is 1. The smallest absolute Gasteiger partial charge is 0.312 e. The van der Waals surface area contributed by atoms with Crippen molar-refractivity contribution in [1.82, 2.24) is 15.1 Å². The maximum atomic E-state index is 10.5. The topological polar surface area (TPSA) is 89.1 Å². The van der Waals surface area contributed by atoms with Gasteiger partial charge in [-0.3, -0.25) is 9.78 Å². The highest BCUT2D eigenvalue weighted by molar-refractivity contribution is 5.69. The number of carbonyl (C=O) groups is 1. The third kappa shape index (κ3) is 2.47. The molecule has 17 heavy (non-hydrogen) atoms. The molecule has 88 valence electrons. The van der Waals surface area contributed by atoms with Gasteiger partial charge >= 0.3 is 5.97 Å². The molecule has 2 heterocycles. The van der Waals surface area contributed by atoms with Gasteiger partial charge in [-0.25, -0.2) is 0 Å². The first-order valence-corrected chi connectivity index (χ1v) is 5.04. The minimum Gasteiger partial charge on any atom is -0.481 e. The lowest BCUT2D eigenvalue weighted by atomic mass is 10.1. The normalized spacial score (nSPS) is 10.5. The second-order valence-corrected chi connectivity index (χ2v) is 3.76. The molecular weight excluding hydrogens is 222 g/mol. The molecule has 6 heteroatoms. The Morgan fingerprint density at radius 3 is 2.88 bits per heavy atom. The predicted molar refractivity (Wildman–Crippen MR) is 58.3 cm³/mol. The van der Waals surface area contributed by atoms with Gasteiger partial charge in [-0.2, -0.15) is 4.98 Å². The number of hydrogen-bond acceptors (Lipinski definition) is 5. The van der Waals surface area contributed by atoms with Crippen LogP contribution in [-0.2, 0) is 11.2 Å². The van der Waals surface area contributed by atoms with Crippen molar-refractivity contribution in [2.24, 2.45) is 0 Å². The lowest BCUT2D eigenvalue weighted by Gasteiger charge is -2.00. The molecule has 2 rings (SSSR count). The minimum atomic E-state index is -1.01. The van der Waals surface area contributed by atoms with E-state index in [4.69, 9.17) is 9.63 Å². The summed E-state index contributed by atoms with van der Waals surface area (Å²) in [6, 6.07) is 1.95. The Bertz CT molecular complexity index is 563. The summed E-state index contributed by atoms with van der Waals surface area (Å²) in [4.78, 5) is 18.7. The Labute approximate surface area is 97.3 Å². The first-order valence-electron chi connectivity index (χ1n) is 5.04. The van der Waals surface area contributed by atoms with E-state index in [0.29, 0.717) is 11.5 Å². The van der Waals surface area contributed by atoms with Crippen molar-refractivity contribution in [1.29, 1.82) is 0 Å². The number of nitrogens with zero attached hydrogens (tertiary/aromatic N) is 3. The van der Waals surface area contributed by atoms with E-state index >= 15 is 0 Å². The molecule has 0 radical (unpaired) electrons. The van der Waals surface area contributed by atoms with E-state index in [1.54, 1.807) is 6.20 Å². The monoisotopic (exact) mass is 233 g/mol. The molecule has 0 bridgehead atoms. The molecule has 0 fully saturated rings. The van der Waals surface area contributed by atoms with Gasteiger partial charge in [0.1, 0.15) is 12.1 Å². The fourth-order valence-electron chi connectivity index (χ4n) is 1.50. The quantitative estimate of drug-likeness (QED) is 0.861. The highest BCUT2D eigenvalue weighted by Crippen LogP contribution is 2.18. The van der Waals surface area contributed by atoms with Gasteiger partial charge in [0.2, 0.25) is 11.7 Å². The summed E-state index contributed by atoms with van der Waals surface area (Å²) >= 11 is 0. The van der Waals surface area contributed by atoms with Crippen LogP contribution in [-0.4, -0.2) is 26.2 Å². The van der Waals surface area contributed by atoms with E-state index in [-0.39, 0.29) is 12.3 Å². The van der Waals surface area contributed by atoms with Gasteiger partial charge in [0, 0.05) is 6.20 Å². The SMILES string of the molecule is Cc1cnc(-c2noc(CC(=O)O)n2)c(C)c1. The number of pyridine rings is 1. The fraction of sp³-hybridized carbons (Fsp3) is 0.273. The Morgan fingerprint density at radius 2 is 2.24 bits per heavy atom. The van der Waals surface area contributed by atoms with Crippen molar-refractivity contribution in [3.8, 4) is 11.5 Å². The molecule has 0 spiro atoms. The molecule has 2 aromatic heterocycles. The molecule has 0 aliphatic rings. The molecule has 6 nitrogen and oxygen atoms in total. The third-order valence-corrected chi connectivity index (χ3v) is 2.20. The highest BCUT2D eigenvalue weighted by Gasteiger charge is 2.14. The molecule has 0 saturated heterocycles. The second kappa shape index (κ2) is 4.32. The molecule has 0 saturated carbocycles. The number of carboxylic acids is 1. The second-order valence-electron chi connectivity index (χ2n) is 3.76. The summed E-state index contributed by atoms with van der Waals surface area (Å²) in [5.41, 5.74) is 2.57. The van der Waals surface area contributed by atoms with Crippen LogP contribution in [0.1, 0.15) is 17.0 Å². The number of rotatable bonds is 3.